The molecular formula is C13H21NO2. The van der Waals surface area contributed by atoms with E-state index in [2.05, 4.69) is 18.3 Å². The van der Waals surface area contributed by atoms with Gasteiger partial charge in [0.05, 0.1) is 12.4 Å². The second kappa shape index (κ2) is 5.02. The zero-order chi connectivity index (χ0) is 11.5. The SMILES string of the molecule is CC(O)CC(C)NC1CCCc2occc21. The van der Waals surface area contributed by atoms with Gasteiger partial charge in [-0.15, -0.1) is 0 Å². The third kappa shape index (κ3) is 2.66. The molecular weight excluding hydrogens is 202 g/mol. The van der Waals surface area contributed by atoms with E-state index in [9.17, 15) is 5.11 Å². The van der Waals surface area contributed by atoms with Gasteiger partial charge in [0.25, 0.3) is 0 Å². The molecule has 1 aliphatic rings. The van der Waals surface area contributed by atoms with Gasteiger partial charge in [-0.05, 0) is 39.2 Å². The lowest BCUT2D eigenvalue weighted by atomic mass is 9.92. The average molecular weight is 223 g/mol. The van der Waals surface area contributed by atoms with E-state index in [1.54, 1.807) is 6.26 Å². The van der Waals surface area contributed by atoms with Crippen LogP contribution in [0.25, 0.3) is 0 Å². The predicted octanol–water partition coefficient (Wildman–Crippen LogP) is 2.41. The van der Waals surface area contributed by atoms with Crippen molar-refractivity contribution in [2.45, 2.75) is 57.7 Å². The Morgan fingerprint density at radius 2 is 2.38 bits per heavy atom. The Balaban J connectivity index is 1.97. The first-order valence-corrected chi connectivity index (χ1v) is 6.17. The van der Waals surface area contributed by atoms with Crippen molar-refractivity contribution < 1.29 is 9.52 Å². The normalized spacial score (nSPS) is 23.8. The van der Waals surface area contributed by atoms with Crippen LogP contribution in [-0.4, -0.2) is 17.3 Å². The Kier molecular flexibility index (Phi) is 3.66. The van der Waals surface area contributed by atoms with Gasteiger partial charge < -0.3 is 14.8 Å². The maximum Gasteiger partial charge on any atom is 0.108 e. The van der Waals surface area contributed by atoms with Crippen LogP contribution < -0.4 is 5.32 Å². The van der Waals surface area contributed by atoms with Gasteiger partial charge in [0, 0.05) is 24.1 Å². The monoisotopic (exact) mass is 223 g/mol. The van der Waals surface area contributed by atoms with Gasteiger partial charge in [-0.3, -0.25) is 0 Å². The molecule has 1 heterocycles. The Morgan fingerprint density at radius 3 is 3.12 bits per heavy atom. The van der Waals surface area contributed by atoms with Crippen LogP contribution in [0.15, 0.2) is 16.7 Å². The molecule has 0 saturated carbocycles. The summed E-state index contributed by atoms with van der Waals surface area (Å²) in [4.78, 5) is 0. The van der Waals surface area contributed by atoms with Crippen LogP contribution >= 0.6 is 0 Å². The lowest BCUT2D eigenvalue weighted by Gasteiger charge is -2.27. The fraction of sp³-hybridized carbons (Fsp3) is 0.692. The van der Waals surface area contributed by atoms with Crippen molar-refractivity contribution in [1.29, 1.82) is 0 Å². The fourth-order valence-corrected chi connectivity index (χ4v) is 2.58. The molecule has 0 aromatic carbocycles. The maximum absolute atomic E-state index is 9.35. The van der Waals surface area contributed by atoms with E-state index in [4.69, 9.17) is 4.42 Å². The summed E-state index contributed by atoms with van der Waals surface area (Å²) in [5, 5.41) is 12.9. The summed E-state index contributed by atoms with van der Waals surface area (Å²) in [5.41, 5.74) is 1.31. The summed E-state index contributed by atoms with van der Waals surface area (Å²) in [7, 11) is 0. The van der Waals surface area contributed by atoms with Gasteiger partial charge in [0.1, 0.15) is 5.76 Å². The summed E-state index contributed by atoms with van der Waals surface area (Å²) in [6, 6.07) is 2.81. The van der Waals surface area contributed by atoms with Crippen molar-refractivity contribution in [3.63, 3.8) is 0 Å². The van der Waals surface area contributed by atoms with E-state index in [1.165, 1.54) is 12.0 Å². The minimum absolute atomic E-state index is 0.241. The number of aryl methyl sites for hydroxylation is 1. The molecule has 1 aromatic rings. The predicted molar refractivity (Wildman–Crippen MR) is 63.3 cm³/mol. The number of hydrogen-bond acceptors (Lipinski definition) is 3. The van der Waals surface area contributed by atoms with E-state index in [0.717, 1.165) is 25.0 Å². The topological polar surface area (TPSA) is 45.4 Å². The molecule has 2 rings (SSSR count). The minimum atomic E-state index is -0.241. The van der Waals surface area contributed by atoms with Crippen LogP contribution in [0, 0.1) is 0 Å². The molecule has 0 spiro atoms. The summed E-state index contributed by atoms with van der Waals surface area (Å²) < 4.78 is 5.46. The molecule has 1 aliphatic carbocycles. The van der Waals surface area contributed by atoms with Crippen molar-refractivity contribution in [1.82, 2.24) is 5.32 Å². The number of nitrogens with one attached hydrogen (secondary N) is 1. The van der Waals surface area contributed by atoms with Gasteiger partial charge in [0.15, 0.2) is 0 Å². The number of furan rings is 1. The van der Waals surface area contributed by atoms with Crippen LogP contribution in [0.4, 0.5) is 0 Å². The van der Waals surface area contributed by atoms with Crippen LogP contribution in [0.2, 0.25) is 0 Å². The molecule has 0 amide bonds. The average Bonchev–Trinajstić information content (AvgIpc) is 2.65. The van der Waals surface area contributed by atoms with Gasteiger partial charge in [0.2, 0.25) is 0 Å². The first-order chi connectivity index (χ1) is 7.66. The van der Waals surface area contributed by atoms with Gasteiger partial charge >= 0.3 is 0 Å². The van der Waals surface area contributed by atoms with Crippen molar-refractivity contribution in [3.8, 4) is 0 Å². The highest BCUT2D eigenvalue weighted by atomic mass is 16.3. The molecule has 16 heavy (non-hydrogen) atoms. The van der Waals surface area contributed by atoms with Crippen LogP contribution in [-0.2, 0) is 6.42 Å². The summed E-state index contributed by atoms with van der Waals surface area (Å²) in [6.45, 7) is 3.96. The smallest absolute Gasteiger partial charge is 0.108 e. The van der Waals surface area contributed by atoms with Crippen molar-refractivity contribution in [2.75, 3.05) is 0 Å². The molecule has 1 aromatic heterocycles. The third-order valence-corrected chi connectivity index (χ3v) is 3.23. The van der Waals surface area contributed by atoms with E-state index in [-0.39, 0.29) is 6.10 Å². The molecule has 90 valence electrons. The Hall–Kier alpha value is -0.800. The highest BCUT2D eigenvalue weighted by Gasteiger charge is 2.23. The highest BCUT2D eigenvalue weighted by molar-refractivity contribution is 5.24. The van der Waals surface area contributed by atoms with Crippen LogP contribution in [0.1, 0.15) is 50.5 Å². The second-order valence-corrected chi connectivity index (χ2v) is 4.90. The largest absolute Gasteiger partial charge is 0.469 e. The third-order valence-electron chi connectivity index (χ3n) is 3.23. The Bertz CT molecular complexity index is 332. The van der Waals surface area contributed by atoms with Crippen molar-refractivity contribution >= 4 is 0 Å². The van der Waals surface area contributed by atoms with Gasteiger partial charge in [-0.2, -0.15) is 0 Å². The summed E-state index contributed by atoms with van der Waals surface area (Å²) >= 11 is 0. The molecule has 3 heteroatoms. The van der Waals surface area contributed by atoms with Crippen molar-refractivity contribution in [3.05, 3.63) is 23.7 Å². The number of aliphatic hydroxyl groups excluding tert-OH is 1. The summed E-state index contributed by atoms with van der Waals surface area (Å²) in [6.07, 6.45) is 5.74. The lowest BCUT2D eigenvalue weighted by molar-refractivity contribution is 0.166. The maximum atomic E-state index is 9.35. The first kappa shape index (κ1) is 11.7. The second-order valence-electron chi connectivity index (χ2n) is 4.90. The van der Waals surface area contributed by atoms with E-state index in [0.29, 0.717) is 12.1 Å². The van der Waals surface area contributed by atoms with Gasteiger partial charge in [-0.1, -0.05) is 0 Å². The Morgan fingerprint density at radius 1 is 1.56 bits per heavy atom. The highest BCUT2D eigenvalue weighted by Crippen LogP contribution is 2.30. The zero-order valence-electron chi connectivity index (χ0n) is 10.1. The molecule has 2 N–H and O–H groups in total. The number of aliphatic hydroxyl groups is 1. The number of rotatable bonds is 4. The zero-order valence-corrected chi connectivity index (χ0v) is 10.1. The van der Waals surface area contributed by atoms with E-state index in [1.807, 2.05) is 6.92 Å². The number of hydrogen-bond donors (Lipinski definition) is 2. The van der Waals surface area contributed by atoms with Crippen molar-refractivity contribution in [2.24, 2.45) is 0 Å². The first-order valence-electron chi connectivity index (χ1n) is 6.17. The molecule has 0 saturated heterocycles. The van der Waals surface area contributed by atoms with Crippen LogP contribution in [0.3, 0.4) is 0 Å². The minimum Gasteiger partial charge on any atom is -0.469 e. The molecule has 0 fully saturated rings. The number of fused-ring (bicyclic) bond motifs is 1. The molecule has 0 aliphatic heterocycles. The molecule has 0 radical (unpaired) electrons. The molecule has 0 bridgehead atoms. The van der Waals surface area contributed by atoms with E-state index >= 15 is 0 Å². The molecule has 3 nitrogen and oxygen atoms in total. The Labute approximate surface area is 96.8 Å². The lowest BCUT2D eigenvalue weighted by Crippen LogP contribution is -2.34. The standard InChI is InChI=1S/C13H21NO2/c1-9(8-10(2)15)14-12-4-3-5-13-11(12)6-7-16-13/h6-7,9-10,12,14-15H,3-5,8H2,1-2H3. The summed E-state index contributed by atoms with van der Waals surface area (Å²) in [5.74, 6) is 1.13. The molecule has 3 unspecified atom stereocenters. The van der Waals surface area contributed by atoms with Gasteiger partial charge in [-0.25, -0.2) is 0 Å². The van der Waals surface area contributed by atoms with Crippen LogP contribution in [0.5, 0.6) is 0 Å². The fourth-order valence-electron chi connectivity index (χ4n) is 2.58. The molecule has 3 atom stereocenters. The quantitative estimate of drug-likeness (QED) is 0.824. The van der Waals surface area contributed by atoms with E-state index < -0.39 is 0 Å².